The van der Waals surface area contributed by atoms with Crippen LogP contribution in [0.15, 0.2) is 35.6 Å². The molecule has 43 heavy (non-hydrogen) atoms. The molecule has 2 atom stereocenters. The average Bonchev–Trinajstić information content (AvgIpc) is 2.94. The SMILES string of the molecule is CN/C=C(C(=O)Nc1c(N2CC(C)N(C)C(C)C2)cc(F)c(C2=CCCN(C(=O)OC(C)C)C2)c1F)\C(=C/C=O)C(F)F. The number of piperazine rings is 1. The van der Waals surface area contributed by atoms with Crippen LogP contribution in [0.3, 0.4) is 0 Å². The van der Waals surface area contributed by atoms with Crippen molar-refractivity contribution in [2.75, 3.05) is 50.5 Å². The van der Waals surface area contributed by atoms with Gasteiger partial charge in [0.2, 0.25) is 0 Å². The lowest BCUT2D eigenvalue weighted by Gasteiger charge is -2.44. The Labute approximate surface area is 249 Å². The number of carbonyl (C=O) groups excluding carboxylic acids is 3. The highest BCUT2D eigenvalue weighted by atomic mass is 19.3. The zero-order chi connectivity index (χ0) is 32.0. The maximum atomic E-state index is 16.5. The van der Waals surface area contributed by atoms with Crippen LogP contribution in [0.1, 0.15) is 39.7 Å². The first-order valence-corrected chi connectivity index (χ1v) is 14.1. The van der Waals surface area contributed by atoms with Gasteiger partial charge in [-0.05, 0) is 52.8 Å². The molecular formula is C30H39F4N5O4. The molecule has 0 aliphatic carbocycles. The predicted molar refractivity (Wildman–Crippen MR) is 157 cm³/mol. The van der Waals surface area contributed by atoms with E-state index >= 15 is 8.78 Å². The van der Waals surface area contributed by atoms with Gasteiger partial charge in [-0.3, -0.25) is 14.5 Å². The van der Waals surface area contributed by atoms with Gasteiger partial charge in [0.25, 0.3) is 12.3 Å². The molecule has 236 valence electrons. The topological polar surface area (TPSA) is 94.2 Å². The van der Waals surface area contributed by atoms with Gasteiger partial charge in [-0.15, -0.1) is 0 Å². The van der Waals surface area contributed by atoms with E-state index in [1.165, 1.54) is 11.9 Å². The Morgan fingerprint density at radius 1 is 1.14 bits per heavy atom. The van der Waals surface area contributed by atoms with Crippen molar-refractivity contribution in [1.82, 2.24) is 15.1 Å². The number of hydrogen-bond acceptors (Lipinski definition) is 7. The van der Waals surface area contributed by atoms with Crippen LogP contribution in [0, 0.1) is 11.6 Å². The van der Waals surface area contributed by atoms with E-state index in [0.717, 1.165) is 12.3 Å². The summed E-state index contributed by atoms with van der Waals surface area (Å²) in [5.74, 6) is -3.15. The molecule has 2 amide bonds. The Hall–Kier alpha value is -3.87. The second-order valence-corrected chi connectivity index (χ2v) is 10.9. The molecule has 2 aliphatic heterocycles. The van der Waals surface area contributed by atoms with Gasteiger partial charge in [-0.25, -0.2) is 22.4 Å². The minimum absolute atomic E-state index is 0.0135. The molecule has 0 spiro atoms. The molecule has 2 heterocycles. The Bertz CT molecular complexity index is 1300. The number of halogens is 4. The summed E-state index contributed by atoms with van der Waals surface area (Å²) in [6, 6.07) is 1.09. The van der Waals surface area contributed by atoms with Crippen LogP contribution in [0.2, 0.25) is 0 Å². The largest absolute Gasteiger partial charge is 0.447 e. The van der Waals surface area contributed by atoms with Crippen molar-refractivity contribution in [2.45, 2.75) is 58.7 Å². The summed E-state index contributed by atoms with van der Waals surface area (Å²) in [5, 5.41) is 4.89. The van der Waals surface area contributed by atoms with Crippen molar-refractivity contribution in [3.05, 3.63) is 52.8 Å². The molecular weight excluding hydrogens is 570 g/mol. The van der Waals surface area contributed by atoms with Crippen LogP contribution in [0.25, 0.3) is 5.57 Å². The summed E-state index contributed by atoms with van der Waals surface area (Å²) in [6.45, 7) is 8.15. The summed E-state index contributed by atoms with van der Waals surface area (Å²) >= 11 is 0. The molecule has 0 bridgehead atoms. The first-order valence-electron chi connectivity index (χ1n) is 14.1. The molecule has 3 rings (SSSR count). The van der Waals surface area contributed by atoms with Crippen LogP contribution in [0.5, 0.6) is 0 Å². The third-order valence-electron chi connectivity index (χ3n) is 7.53. The number of amides is 2. The Morgan fingerprint density at radius 3 is 2.35 bits per heavy atom. The summed E-state index contributed by atoms with van der Waals surface area (Å²) < 4.78 is 65.3. The van der Waals surface area contributed by atoms with E-state index in [9.17, 15) is 23.2 Å². The van der Waals surface area contributed by atoms with Gasteiger partial charge in [-0.1, -0.05) is 6.08 Å². The standard InChI is InChI=1S/C30H39F4N5O4/c1-17(2)43-30(42)38-10-7-8-20(16-38)25-23(31)12-24(39-14-18(3)37(6)19(4)15-39)27(26(25)32)36-29(41)22(13-35-5)21(9-11-40)28(33)34/h8-9,11-13,17-19,28,35H,7,10,14-16H2,1-6H3,(H,36,41)/b21-9+,22-13+. The molecule has 2 N–H and O–H groups in total. The van der Waals surface area contributed by atoms with Gasteiger partial charge < -0.3 is 25.2 Å². The number of nitrogens with one attached hydrogen (secondary N) is 2. The molecule has 1 aromatic rings. The Kier molecular flexibility index (Phi) is 11.4. The predicted octanol–water partition coefficient (Wildman–Crippen LogP) is 4.56. The van der Waals surface area contributed by atoms with Gasteiger partial charge in [0.05, 0.1) is 22.9 Å². The summed E-state index contributed by atoms with van der Waals surface area (Å²) in [5.41, 5.74) is -2.12. The zero-order valence-corrected chi connectivity index (χ0v) is 25.2. The quantitative estimate of drug-likeness (QED) is 0.184. The smallest absolute Gasteiger partial charge is 0.410 e. The molecule has 0 radical (unpaired) electrons. The second kappa shape index (κ2) is 14.5. The number of allylic oxidation sites excluding steroid dienone is 1. The van der Waals surface area contributed by atoms with E-state index in [4.69, 9.17) is 4.74 Å². The fourth-order valence-corrected chi connectivity index (χ4v) is 5.19. The number of carbonyl (C=O) groups is 3. The number of benzene rings is 1. The molecule has 9 nitrogen and oxygen atoms in total. The lowest BCUT2D eigenvalue weighted by molar-refractivity contribution is -0.112. The maximum Gasteiger partial charge on any atom is 0.410 e. The van der Waals surface area contributed by atoms with E-state index in [0.29, 0.717) is 25.6 Å². The maximum absolute atomic E-state index is 16.5. The number of nitrogens with zero attached hydrogens (tertiary/aromatic N) is 3. The van der Waals surface area contributed by atoms with Gasteiger partial charge >= 0.3 is 6.09 Å². The van der Waals surface area contributed by atoms with E-state index < -0.39 is 58.6 Å². The highest BCUT2D eigenvalue weighted by Crippen LogP contribution is 2.39. The van der Waals surface area contributed by atoms with Crippen molar-refractivity contribution in [3.63, 3.8) is 0 Å². The molecule has 1 fully saturated rings. The van der Waals surface area contributed by atoms with Crippen LogP contribution >= 0.6 is 0 Å². The minimum Gasteiger partial charge on any atom is -0.447 e. The second-order valence-electron chi connectivity index (χ2n) is 10.9. The lowest BCUT2D eigenvalue weighted by atomic mass is 9.97. The summed E-state index contributed by atoms with van der Waals surface area (Å²) in [7, 11) is 3.31. The van der Waals surface area contributed by atoms with Crippen molar-refractivity contribution in [1.29, 1.82) is 0 Å². The van der Waals surface area contributed by atoms with E-state index in [-0.39, 0.29) is 42.7 Å². The van der Waals surface area contributed by atoms with Crippen molar-refractivity contribution in [2.24, 2.45) is 0 Å². The lowest BCUT2D eigenvalue weighted by Crippen LogP contribution is -2.55. The Morgan fingerprint density at radius 2 is 1.79 bits per heavy atom. The first-order chi connectivity index (χ1) is 20.3. The van der Waals surface area contributed by atoms with Crippen molar-refractivity contribution >= 4 is 35.2 Å². The fraction of sp³-hybridized carbons (Fsp3) is 0.500. The molecule has 1 saturated heterocycles. The van der Waals surface area contributed by atoms with Crippen LogP contribution in [0.4, 0.5) is 33.7 Å². The summed E-state index contributed by atoms with van der Waals surface area (Å²) in [4.78, 5) is 42.2. The van der Waals surface area contributed by atoms with Crippen LogP contribution < -0.4 is 15.5 Å². The van der Waals surface area contributed by atoms with Gasteiger partial charge in [-0.2, -0.15) is 0 Å². The fourth-order valence-electron chi connectivity index (χ4n) is 5.19. The summed E-state index contributed by atoms with van der Waals surface area (Å²) in [6.07, 6.45) is -0.637. The molecule has 0 aromatic heterocycles. The number of ether oxygens (including phenoxy) is 1. The monoisotopic (exact) mass is 609 g/mol. The normalized spacial score (nSPS) is 20.3. The highest BCUT2D eigenvalue weighted by Gasteiger charge is 2.33. The van der Waals surface area contributed by atoms with Crippen LogP contribution in [-0.4, -0.2) is 93.0 Å². The number of hydrogen-bond donors (Lipinski definition) is 2. The van der Waals surface area contributed by atoms with E-state index in [1.807, 2.05) is 20.9 Å². The number of rotatable bonds is 9. The molecule has 2 aliphatic rings. The number of likely N-dealkylation sites (N-methyl/N-ethyl adjacent to an activating group) is 1. The van der Waals surface area contributed by atoms with E-state index in [1.54, 1.807) is 24.8 Å². The first kappa shape index (κ1) is 33.6. The third-order valence-corrected chi connectivity index (χ3v) is 7.53. The van der Waals surface area contributed by atoms with Crippen molar-refractivity contribution < 1.29 is 36.7 Å². The molecule has 0 saturated carbocycles. The molecule has 13 heteroatoms. The Balaban J connectivity index is 2.14. The number of alkyl halides is 2. The number of anilines is 2. The van der Waals surface area contributed by atoms with Crippen molar-refractivity contribution in [3.8, 4) is 0 Å². The highest BCUT2D eigenvalue weighted by molar-refractivity contribution is 6.09. The van der Waals surface area contributed by atoms with Gasteiger partial charge in [0.15, 0.2) is 5.82 Å². The molecule has 1 aromatic carbocycles. The molecule has 2 unspecified atom stereocenters. The van der Waals surface area contributed by atoms with Gasteiger partial charge in [0.1, 0.15) is 17.8 Å². The van der Waals surface area contributed by atoms with Crippen LogP contribution in [-0.2, 0) is 14.3 Å². The zero-order valence-electron chi connectivity index (χ0n) is 25.2. The average molecular weight is 610 g/mol. The minimum atomic E-state index is -3.19. The number of aldehydes is 1. The van der Waals surface area contributed by atoms with E-state index in [2.05, 4.69) is 15.5 Å². The third kappa shape index (κ3) is 7.75. The van der Waals surface area contributed by atoms with Gasteiger partial charge in [0, 0.05) is 63.1 Å².